The molecule has 1 saturated heterocycles. The summed E-state index contributed by atoms with van der Waals surface area (Å²) >= 11 is -1.43. The van der Waals surface area contributed by atoms with Crippen LogP contribution in [-0.2, 0) is 20.8 Å². The summed E-state index contributed by atoms with van der Waals surface area (Å²) in [5, 5.41) is 10.8. The first-order valence-corrected chi connectivity index (χ1v) is 5.83. The molecule has 2 unspecified atom stereocenters. The van der Waals surface area contributed by atoms with Gasteiger partial charge in [0.25, 0.3) is 0 Å². The van der Waals surface area contributed by atoms with Crippen molar-refractivity contribution in [2.45, 2.75) is 24.5 Å². The fourth-order valence-electron chi connectivity index (χ4n) is 1.40. The summed E-state index contributed by atoms with van der Waals surface area (Å²) in [5.41, 5.74) is 0. The highest BCUT2D eigenvalue weighted by atomic mass is 32.2. The summed E-state index contributed by atoms with van der Waals surface area (Å²) < 4.78 is 11.5. The van der Waals surface area contributed by atoms with Gasteiger partial charge >= 0.3 is 5.97 Å². The Morgan fingerprint density at radius 3 is 3.07 bits per heavy atom. The molecule has 14 heavy (non-hydrogen) atoms. The highest BCUT2D eigenvalue weighted by Crippen LogP contribution is 2.16. The molecule has 0 spiro atoms. The molecule has 6 heteroatoms. The van der Waals surface area contributed by atoms with Crippen molar-refractivity contribution in [3.05, 3.63) is 0 Å². The van der Waals surface area contributed by atoms with Crippen LogP contribution in [-0.4, -0.2) is 39.1 Å². The number of carboxylic acid groups (broad SMARTS) is 1. The summed E-state index contributed by atoms with van der Waals surface area (Å²) in [6.07, 6.45) is 1.60. The van der Waals surface area contributed by atoms with E-state index in [1.54, 1.807) is 0 Å². The maximum Gasteiger partial charge on any atom is 0.353 e. The minimum absolute atomic E-state index is 0.133. The van der Waals surface area contributed by atoms with Gasteiger partial charge in [-0.2, -0.15) is 0 Å². The molecule has 0 bridgehead atoms. The summed E-state index contributed by atoms with van der Waals surface area (Å²) in [5.74, 6) is -1.57. The highest BCUT2D eigenvalue weighted by Gasteiger charge is 2.28. The van der Waals surface area contributed by atoms with Gasteiger partial charge < -0.3 is 15.0 Å². The van der Waals surface area contributed by atoms with Crippen LogP contribution in [0, 0.1) is 0 Å². The van der Waals surface area contributed by atoms with Gasteiger partial charge in [0.15, 0.2) is 0 Å². The van der Waals surface area contributed by atoms with Crippen molar-refractivity contribution in [2.75, 3.05) is 12.3 Å². The topological polar surface area (TPSA) is 89.5 Å². The van der Waals surface area contributed by atoms with Crippen molar-refractivity contribution in [1.29, 1.82) is 0 Å². The van der Waals surface area contributed by atoms with Gasteiger partial charge in [0, 0.05) is 6.54 Å². The largest absolute Gasteiger partial charge is 0.616 e. The average Bonchev–Trinajstić information content (AvgIpc) is 2.28. The molecule has 1 fully saturated rings. The molecule has 0 aromatic heterocycles. The molecule has 1 heterocycles. The smallest absolute Gasteiger partial charge is 0.353 e. The van der Waals surface area contributed by atoms with Gasteiger partial charge in [-0.15, -0.1) is 0 Å². The van der Waals surface area contributed by atoms with Crippen LogP contribution in [0.15, 0.2) is 0 Å². The van der Waals surface area contributed by atoms with Gasteiger partial charge in [0.2, 0.25) is 11.7 Å². The fourth-order valence-corrected chi connectivity index (χ4v) is 2.65. The SMILES string of the molecule is O=C(O)C[S+]([O-])C1CCCNC(=O)C1. The Kier molecular flexibility index (Phi) is 4.21. The van der Waals surface area contributed by atoms with E-state index in [-0.39, 0.29) is 23.3 Å². The molecule has 2 atom stereocenters. The van der Waals surface area contributed by atoms with Crippen LogP contribution >= 0.6 is 0 Å². The quantitative estimate of drug-likeness (QED) is 0.625. The second-order valence-electron chi connectivity index (χ2n) is 3.24. The molecule has 0 saturated carbocycles. The third-order valence-corrected chi connectivity index (χ3v) is 3.75. The molecular formula is C8H13NO4S. The minimum Gasteiger partial charge on any atom is -0.616 e. The van der Waals surface area contributed by atoms with Gasteiger partial charge in [-0.05, 0) is 24.0 Å². The predicted octanol–water partition coefficient (Wildman–Crippen LogP) is -0.512. The van der Waals surface area contributed by atoms with Crippen LogP contribution < -0.4 is 5.32 Å². The predicted molar refractivity (Wildman–Crippen MR) is 51.3 cm³/mol. The first-order valence-electron chi connectivity index (χ1n) is 4.45. The number of hydrogen-bond donors (Lipinski definition) is 2. The number of carbonyl (C=O) groups is 2. The first-order chi connectivity index (χ1) is 6.59. The second kappa shape index (κ2) is 5.21. The van der Waals surface area contributed by atoms with E-state index in [1.807, 2.05) is 0 Å². The maximum absolute atomic E-state index is 11.5. The lowest BCUT2D eigenvalue weighted by Gasteiger charge is -2.17. The minimum atomic E-state index is -1.43. The lowest BCUT2D eigenvalue weighted by atomic mass is 10.2. The molecule has 0 aromatic carbocycles. The molecule has 2 N–H and O–H groups in total. The Balaban J connectivity index is 2.47. The van der Waals surface area contributed by atoms with Gasteiger partial charge in [-0.1, -0.05) is 0 Å². The second-order valence-corrected chi connectivity index (χ2v) is 4.95. The number of carbonyl (C=O) groups excluding carboxylic acids is 1. The Morgan fingerprint density at radius 2 is 2.43 bits per heavy atom. The van der Waals surface area contributed by atoms with E-state index in [2.05, 4.69) is 5.32 Å². The van der Waals surface area contributed by atoms with Crippen molar-refractivity contribution in [3.63, 3.8) is 0 Å². The monoisotopic (exact) mass is 219 g/mol. The number of hydrogen-bond acceptors (Lipinski definition) is 3. The molecule has 1 aliphatic rings. The fraction of sp³-hybridized carbons (Fsp3) is 0.750. The van der Waals surface area contributed by atoms with E-state index in [1.165, 1.54) is 0 Å². The van der Waals surface area contributed by atoms with Gasteiger partial charge in [0.1, 0.15) is 5.25 Å². The number of amides is 1. The Bertz CT molecular complexity index is 233. The van der Waals surface area contributed by atoms with Crippen LogP contribution in [0.25, 0.3) is 0 Å². The lowest BCUT2D eigenvalue weighted by Crippen LogP contribution is -2.31. The van der Waals surface area contributed by atoms with Crippen molar-refractivity contribution in [1.82, 2.24) is 5.32 Å². The summed E-state index contributed by atoms with van der Waals surface area (Å²) in [7, 11) is 0. The van der Waals surface area contributed by atoms with Crippen molar-refractivity contribution in [2.24, 2.45) is 0 Å². The zero-order chi connectivity index (χ0) is 10.6. The van der Waals surface area contributed by atoms with Crippen LogP contribution in [0.5, 0.6) is 0 Å². The van der Waals surface area contributed by atoms with Crippen LogP contribution in [0.3, 0.4) is 0 Å². The molecule has 0 radical (unpaired) electrons. The zero-order valence-corrected chi connectivity index (χ0v) is 8.51. The highest BCUT2D eigenvalue weighted by molar-refractivity contribution is 7.92. The van der Waals surface area contributed by atoms with Crippen LogP contribution in [0.1, 0.15) is 19.3 Å². The molecule has 0 aliphatic carbocycles. The molecule has 1 aliphatic heterocycles. The maximum atomic E-state index is 11.5. The Morgan fingerprint density at radius 1 is 1.71 bits per heavy atom. The van der Waals surface area contributed by atoms with E-state index < -0.39 is 17.1 Å². The molecule has 80 valence electrons. The normalized spacial score (nSPS) is 24.9. The third kappa shape index (κ3) is 3.55. The Hall–Kier alpha value is -0.750. The van der Waals surface area contributed by atoms with E-state index >= 15 is 0 Å². The molecule has 0 aromatic rings. The van der Waals surface area contributed by atoms with Crippen molar-refractivity contribution >= 4 is 23.1 Å². The summed E-state index contributed by atoms with van der Waals surface area (Å²) in [4.78, 5) is 21.4. The van der Waals surface area contributed by atoms with Crippen molar-refractivity contribution < 1.29 is 19.2 Å². The van der Waals surface area contributed by atoms with E-state index in [9.17, 15) is 14.1 Å². The average molecular weight is 219 g/mol. The van der Waals surface area contributed by atoms with E-state index in [0.717, 1.165) is 6.42 Å². The van der Waals surface area contributed by atoms with Crippen molar-refractivity contribution in [3.8, 4) is 0 Å². The Labute approximate surface area is 85.0 Å². The number of aliphatic carboxylic acids is 1. The number of carboxylic acids is 1. The lowest BCUT2D eigenvalue weighted by molar-refractivity contribution is -0.134. The first kappa shape index (κ1) is 11.3. The van der Waals surface area contributed by atoms with Crippen LogP contribution in [0.4, 0.5) is 0 Å². The van der Waals surface area contributed by atoms with Gasteiger partial charge in [-0.3, -0.25) is 4.79 Å². The molecular weight excluding hydrogens is 206 g/mol. The van der Waals surface area contributed by atoms with E-state index in [0.29, 0.717) is 13.0 Å². The summed E-state index contributed by atoms with van der Waals surface area (Å²) in [6.45, 7) is 0.597. The standard InChI is InChI=1S/C8H13NO4S/c10-7-4-6(2-1-3-9-7)14(13)5-8(11)12/h6H,1-5H2,(H,9,10)(H,11,12). The van der Waals surface area contributed by atoms with Gasteiger partial charge in [0.05, 0.1) is 6.42 Å². The van der Waals surface area contributed by atoms with Gasteiger partial charge in [-0.25, -0.2) is 4.79 Å². The number of rotatable bonds is 3. The third-order valence-electron chi connectivity index (χ3n) is 2.08. The summed E-state index contributed by atoms with van der Waals surface area (Å²) in [6, 6.07) is 0. The van der Waals surface area contributed by atoms with E-state index in [4.69, 9.17) is 5.11 Å². The molecule has 1 amide bonds. The molecule has 1 rings (SSSR count). The number of nitrogens with one attached hydrogen (secondary N) is 1. The molecule has 5 nitrogen and oxygen atoms in total. The zero-order valence-electron chi connectivity index (χ0n) is 7.69. The van der Waals surface area contributed by atoms with Crippen LogP contribution in [0.2, 0.25) is 0 Å².